The highest BCUT2D eigenvalue weighted by Crippen LogP contribution is 2.22. The lowest BCUT2D eigenvalue weighted by Crippen LogP contribution is -2.24. The van der Waals surface area contributed by atoms with Crippen molar-refractivity contribution in [3.05, 3.63) is 71.5 Å². The fourth-order valence-corrected chi connectivity index (χ4v) is 3.21. The maximum Gasteiger partial charge on any atom is 0.251 e. The van der Waals surface area contributed by atoms with Crippen molar-refractivity contribution in [3.63, 3.8) is 0 Å². The van der Waals surface area contributed by atoms with Gasteiger partial charge in [0.25, 0.3) is 5.91 Å². The summed E-state index contributed by atoms with van der Waals surface area (Å²) in [7, 11) is 0. The molecule has 1 heterocycles. The topological polar surface area (TPSA) is 59.8 Å². The van der Waals surface area contributed by atoms with E-state index in [0.29, 0.717) is 17.9 Å². The van der Waals surface area contributed by atoms with Crippen LogP contribution in [0.4, 0.5) is 0 Å². The number of nitrogens with one attached hydrogen (secondary N) is 1. The summed E-state index contributed by atoms with van der Waals surface area (Å²) in [6.45, 7) is 4.45. The number of thioether (sulfide) groups is 1. The molecule has 0 aliphatic rings. The zero-order chi connectivity index (χ0) is 17.6. The maximum absolute atomic E-state index is 12.3. The van der Waals surface area contributed by atoms with Crippen LogP contribution in [0.25, 0.3) is 5.69 Å². The Bertz CT molecular complexity index is 861. The predicted molar refractivity (Wildman–Crippen MR) is 100 cm³/mol. The van der Waals surface area contributed by atoms with Gasteiger partial charge in [0, 0.05) is 11.3 Å². The van der Waals surface area contributed by atoms with Crippen LogP contribution in [0.15, 0.2) is 59.8 Å². The predicted octanol–water partition coefficient (Wildman–Crippen LogP) is 3.62. The van der Waals surface area contributed by atoms with Gasteiger partial charge in [-0.15, -0.1) is 10.2 Å². The maximum atomic E-state index is 12.3. The molecule has 0 atom stereocenters. The Morgan fingerprint density at radius 3 is 2.64 bits per heavy atom. The first-order chi connectivity index (χ1) is 12.2. The smallest absolute Gasteiger partial charge is 0.251 e. The molecule has 0 aliphatic heterocycles. The number of rotatable bonds is 6. The van der Waals surface area contributed by atoms with E-state index in [1.54, 1.807) is 23.9 Å². The van der Waals surface area contributed by atoms with Crippen molar-refractivity contribution in [2.75, 3.05) is 5.75 Å². The number of benzene rings is 2. The number of hydrogen-bond acceptors (Lipinski definition) is 4. The van der Waals surface area contributed by atoms with Gasteiger partial charge in [0.2, 0.25) is 0 Å². The molecule has 1 N–H and O–H groups in total. The van der Waals surface area contributed by atoms with Gasteiger partial charge >= 0.3 is 0 Å². The summed E-state index contributed by atoms with van der Waals surface area (Å²) >= 11 is 1.63. The molecule has 1 aromatic heterocycles. The lowest BCUT2D eigenvalue weighted by molar-refractivity contribution is 0.0949. The zero-order valence-corrected chi connectivity index (χ0v) is 15.1. The van der Waals surface area contributed by atoms with Gasteiger partial charge in [-0.3, -0.25) is 9.36 Å². The van der Waals surface area contributed by atoms with Gasteiger partial charge in [-0.25, -0.2) is 0 Å². The molecule has 25 heavy (non-hydrogen) atoms. The van der Waals surface area contributed by atoms with Gasteiger partial charge in [0.15, 0.2) is 11.0 Å². The SMILES string of the molecule is CCSc1nnc(CNC(=O)c2ccccc2)n1-c1cccc(C)c1. The number of aromatic nitrogens is 3. The highest BCUT2D eigenvalue weighted by atomic mass is 32.2. The van der Waals surface area contributed by atoms with Crippen molar-refractivity contribution in [1.29, 1.82) is 0 Å². The van der Waals surface area contributed by atoms with E-state index in [-0.39, 0.29) is 5.91 Å². The molecule has 0 saturated heterocycles. The van der Waals surface area contributed by atoms with Gasteiger partial charge in [-0.05, 0) is 42.5 Å². The fourth-order valence-electron chi connectivity index (χ4n) is 2.51. The number of aryl methyl sites for hydroxylation is 1. The Morgan fingerprint density at radius 2 is 1.92 bits per heavy atom. The molecule has 0 radical (unpaired) electrons. The highest BCUT2D eigenvalue weighted by molar-refractivity contribution is 7.99. The third-order valence-corrected chi connectivity index (χ3v) is 4.49. The molecule has 0 unspecified atom stereocenters. The van der Waals surface area contributed by atoms with Gasteiger partial charge in [0.1, 0.15) is 0 Å². The number of hydrogen-bond donors (Lipinski definition) is 1. The van der Waals surface area contributed by atoms with Crippen LogP contribution in [0, 0.1) is 6.92 Å². The molecule has 0 fully saturated rings. The number of nitrogens with zero attached hydrogens (tertiary/aromatic N) is 3. The molecule has 5 nitrogen and oxygen atoms in total. The first kappa shape index (κ1) is 17.2. The lowest BCUT2D eigenvalue weighted by atomic mass is 10.2. The van der Waals surface area contributed by atoms with Crippen molar-refractivity contribution in [3.8, 4) is 5.69 Å². The van der Waals surface area contributed by atoms with E-state index in [4.69, 9.17) is 0 Å². The Labute approximate surface area is 151 Å². The fraction of sp³-hybridized carbons (Fsp3) is 0.211. The summed E-state index contributed by atoms with van der Waals surface area (Å²) < 4.78 is 2.01. The van der Waals surface area contributed by atoms with Gasteiger partial charge in [-0.2, -0.15) is 0 Å². The van der Waals surface area contributed by atoms with Gasteiger partial charge < -0.3 is 5.32 Å². The summed E-state index contributed by atoms with van der Waals surface area (Å²) in [6.07, 6.45) is 0. The number of carbonyl (C=O) groups is 1. The van der Waals surface area contributed by atoms with Crippen LogP contribution in [0.5, 0.6) is 0 Å². The normalized spacial score (nSPS) is 10.6. The average molecular weight is 352 g/mol. The van der Waals surface area contributed by atoms with Crippen LogP contribution in [0.3, 0.4) is 0 Å². The number of amides is 1. The Balaban J connectivity index is 1.85. The van der Waals surface area contributed by atoms with Crippen molar-refractivity contribution in [2.24, 2.45) is 0 Å². The third kappa shape index (κ3) is 4.09. The van der Waals surface area contributed by atoms with E-state index in [9.17, 15) is 4.79 Å². The second-order valence-corrected chi connectivity index (χ2v) is 6.79. The van der Waals surface area contributed by atoms with Gasteiger partial charge in [0.05, 0.1) is 6.54 Å². The van der Waals surface area contributed by atoms with E-state index in [1.165, 1.54) is 0 Å². The molecule has 6 heteroatoms. The van der Waals surface area contributed by atoms with Crippen LogP contribution >= 0.6 is 11.8 Å². The summed E-state index contributed by atoms with van der Waals surface area (Å²) in [4.78, 5) is 12.3. The molecule has 1 amide bonds. The average Bonchev–Trinajstić information content (AvgIpc) is 3.03. The van der Waals surface area contributed by atoms with E-state index in [1.807, 2.05) is 34.9 Å². The summed E-state index contributed by atoms with van der Waals surface area (Å²) in [5, 5.41) is 12.3. The lowest BCUT2D eigenvalue weighted by Gasteiger charge is -2.11. The summed E-state index contributed by atoms with van der Waals surface area (Å²) in [5.74, 6) is 1.50. The standard InChI is InChI=1S/C19H20N4OS/c1-3-25-19-22-21-17(23(19)16-11-7-8-14(2)12-16)13-20-18(24)15-9-5-4-6-10-15/h4-12H,3,13H2,1-2H3,(H,20,24). The van der Waals surface area contributed by atoms with Crippen molar-refractivity contribution < 1.29 is 4.79 Å². The van der Waals surface area contributed by atoms with E-state index in [0.717, 1.165) is 22.2 Å². The van der Waals surface area contributed by atoms with Crippen LogP contribution in [-0.4, -0.2) is 26.4 Å². The van der Waals surface area contributed by atoms with Crippen LogP contribution in [0.2, 0.25) is 0 Å². The van der Waals surface area contributed by atoms with Crippen molar-refractivity contribution >= 4 is 17.7 Å². The van der Waals surface area contributed by atoms with E-state index >= 15 is 0 Å². The first-order valence-electron chi connectivity index (χ1n) is 8.16. The Kier molecular flexibility index (Phi) is 5.50. The van der Waals surface area contributed by atoms with Crippen LogP contribution in [0.1, 0.15) is 28.7 Å². The molecule has 3 rings (SSSR count). The molecule has 0 bridgehead atoms. The summed E-state index contributed by atoms with van der Waals surface area (Å²) in [6, 6.07) is 17.3. The molecular formula is C19H20N4OS. The van der Waals surface area contributed by atoms with E-state index in [2.05, 4.69) is 41.5 Å². The first-order valence-corrected chi connectivity index (χ1v) is 9.15. The molecule has 0 saturated carbocycles. The second kappa shape index (κ2) is 7.98. The summed E-state index contributed by atoms with van der Waals surface area (Å²) in [5.41, 5.74) is 2.80. The molecule has 2 aromatic carbocycles. The third-order valence-electron chi connectivity index (χ3n) is 3.68. The van der Waals surface area contributed by atoms with Crippen LogP contribution in [-0.2, 0) is 6.54 Å². The monoisotopic (exact) mass is 352 g/mol. The second-order valence-electron chi connectivity index (χ2n) is 5.55. The Morgan fingerprint density at radius 1 is 1.12 bits per heavy atom. The quantitative estimate of drug-likeness (QED) is 0.689. The minimum absolute atomic E-state index is 0.121. The molecule has 3 aromatic rings. The van der Waals surface area contributed by atoms with E-state index < -0.39 is 0 Å². The molecular weight excluding hydrogens is 332 g/mol. The van der Waals surface area contributed by atoms with Crippen LogP contribution < -0.4 is 5.32 Å². The number of carbonyl (C=O) groups excluding carboxylic acids is 1. The van der Waals surface area contributed by atoms with Crippen molar-refractivity contribution in [2.45, 2.75) is 25.5 Å². The molecule has 0 aliphatic carbocycles. The molecule has 0 spiro atoms. The Hall–Kier alpha value is -2.60. The highest BCUT2D eigenvalue weighted by Gasteiger charge is 2.15. The minimum atomic E-state index is -0.121. The van der Waals surface area contributed by atoms with Gasteiger partial charge in [-0.1, -0.05) is 49.0 Å². The largest absolute Gasteiger partial charge is 0.345 e. The molecule has 128 valence electrons. The van der Waals surface area contributed by atoms with Crippen molar-refractivity contribution in [1.82, 2.24) is 20.1 Å². The minimum Gasteiger partial charge on any atom is -0.345 e. The zero-order valence-electron chi connectivity index (χ0n) is 14.3.